The quantitative estimate of drug-likeness (QED) is 0.263. The highest BCUT2D eigenvalue weighted by Gasteiger charge is 2.14. The Labute approximate surface area is 219 Å². The van der Waals surface area contributed by atoms with Gasteiger partial charge in [-0.25, -0.2) is 0 Å². The van der Waals surface area contributed by atoms with E-state index < -0.39 is 0 Å². The Morgan fingerprint density at radius 2 is 1.62 bits per heavy atom. The number of morpholine rings is 1. The van der Waals surface area contributed by atoms with Gasteiger partial charge in [0.05, 0.1) is 25.3 Å². The molecule has 0 amide bonds. The summed E-state index contributed by atoms with van der Waals surface area (Å²) in [6, 6.07) is 26.2. The van der Waals surface area contributed by atoms with Crippen LogP contribution in [0.5, 0.6) is 0 Å². The molecule has 1 saturated heterocycles. The predicted molar refractivity (Wildman–Crippen MR) is 148 cm³/mol. The minimum absolute atomic E-state index is 0.137. The molecule has 2 heterocycles. The summed E-state index contributed by atoms with van der Waals surface area (Å²) in [6.45, 7) is 6.86. The Bertz CT molecular complexity index is 1310. The van der Waals surface area contributed by atoms with E-state index >= 15 is 0 Å². The smallest absolute Gasteiger partial charge is 0.306 e. The maximum absolute atomic E-state index is 11.9. The Morgan fingerprint density at radius 1 is 0.865 bits per heavy atom. The molecular weight excluding hydrogens is 460 g/mol. The lowest BCUT2D eigenvalue weighted by atomic mass is 10.0. The molecule has 0 aliphatic carbocycles. The Kier molecular flexibility index (Phi) is 8.34. The second-order valence-electron chi connectivity index (χ2n) is 9.72. The van der Waals surface area contributed by atoms with Crippen LogP contribution < -0.4 is 0 Å². The summed E-state index contributed by atoms with van der Waals surface area (Å²) in [5, 5.41) is 1.26. The summed E-state index contributed by atoms with van der Waals surface area (Å²) in [5.41, 5.74) is 7.53. The third-order valence-corrected chi connectivity index (χ3v) is 7.12. The first-order valence-corrected chi connectivity index (χ1v) is 13.4. The number of carbonyl (C=O) groups excluding carboxylic acids is 1. The van der Waals surface area contributed by atoms with Gasteiger partial charge in [0.2, 0.25) is 0 Å². The lowest BCUT2D eigenvalue weighted by Crippen LogP contribution is -2.35. The molecule has 0 spiro atoms. The Balaban J connectivity index is 1.40. The summed E-state index contributed by atoms with van der Waals surface area (Å²) < 4.78 is 12.9. The zero-order valence-corrected chi connectivity index (χ0v) is 21.7. The molecule has 0 bridgehead atoms. The van der Waals surface area contributed by atoms with Crippen molar-refractivity contribution < 1.29 is 14.3 Å². The standard InChI is InChI=1S/C32H36N2O3/c1-2-37-32(35)17-12-26-11-16-31-30(22-26)28(13-8-25-6-4-3-5-7-25)24-34(31)29-14-9-27(10-15-29)23-33-18-20-36-21-19-33/h3-7,9-11,14-16,22,24H,2,8,12-13,17-21,23H2,1H3. The molecule has 5 nitrogen and oxygen atoms in total. The van der Waals surface area contributed by atoms with Crippen molar-refractivity contribution in [2.75, 3.05) is 32.9 Å². The van der Waals surface area contributed by atoms with Gasteiger partial charge in [-0.05, 0) is 72.7 Å². The lowest BCUT2D eigenvalue weighted by Gasteiger charge is -2.26. The normalized spacial score (nSPS) is 14.2. The van der Waals surface area contributed by atoms with Crippen LogP contribution in [0.4, 0.5) is 0 Å². The molecule has 5 heteroatoms. The molecule has 0 atom stereocenters. The van der Waals surface area contributed by atoms with Gasteiger partial charge in [0.15, 0.2) is 0 Å². The molecule has 4 aromatic rings. The number of esters is 1. The van der Waals surface area contributed by atoms with Crippen LogP contribution in [0.1, 0.15) is 35.6 Å². The van der Waals surface area contributed by atoms with Crippen molar-refractivity contribution in [1.29, 1.82) is 0 Å². The number of hydrogen-bond acceptors (Lipinski definition) is 4. The lowest BCUT2D eigenvalue weighted by molar-refractivity contribution is -0.143. The van der Waals surface area contributed by atoms with Crippen LogP contribution in [0, 0.1) is 0 Å². The van der Waals surface area contributed by atoms with Crippen LogP contribution in [0.3, 0.4) is 0 Å². The van der Waals surface area contributed by atoms with Crippen molar-refractivity contribution in [2.45, 2.75) is 39.2 Å². The molecule has 1 aliphatic rings. The SMILES string of the molecule is CCOC(=O)CCc1ccc2c(c1)c(CCc1ccccc1)cn2-c1ccc(CN2CCOCC2)cc1. The van der Waals surface area contributed by atoms with Crippen LogP contribution in [0.25, 0.3) is 16.6 Å². The van der Waals surface area contributed by atoms with Gasteiger partial charge < -0.3 is 14.0 Å². The van der Waals surface area contributed by atoms with Crippen molar-refractivity contribution in [3.63, 3.8) is 0 Å². The third kappa shape index (κ3) is 6.48. The fourth-order valence-corrected chi connectivity index (χ4v) is 5.10. The average molecular weight is 497 g/mol. The van der Waals surface area contributed by atoms with E-state index in [1.165, 1.54) is 38.8 Å². The van der Waals surface area contributed by atoms with E-state index in [2.05, 4.69) is 88.5 Å². The van der Waals surface area contributed by atoms with Crippen molar-refractivity contribution in [1.82, 2.24) is 9.47 Å². The minimum Gasteiger partial charge on any atom is -0.466 e. The van der Waals surface area contributed by atoms with Gasteiger partial charge in [-0.15, -0.1) is 0 Å². The number of hydrogen-bond donors (Lipinski definition) is 0. The van der Waals surface area contributed by atoms with Gasteiger partial charge >= 0.3 is 5.97 Å². The largest absolute Gasteiger partial charge is 0.466 e. The molecule has 192 valence electrons. The molecule has 3 aromatic carbocycles. The number of rotatable bonds is 10. The van der Waals surface area contributed by atoms with Crippen molar-refractivity contribution >= 4 is 16.9 Å². The Hall–Kier alpha value is -3.41. The maximum atomic E-state index is 11.9. The number of aryl methyl sites for hydroxylation is 3. The zero-order valence-electron chi connectivity index (χ0n) is 21.7. The second kappa shape index (κ2) is 12.2. The highest BCUT2D eigenvalue weighted by atomic mass is 16.5. The predicted octanol–water partition coefficient (Wildman–Crippen LogP) is 5.74. The molecule has 5 rings (SSSR count). The first-order valence-electron chi connectivity index (χ1n) is 13.4. The van der Waals surface area contributed by atoms with Crippen molar-refractivity contribution in [3.8, 4) is 5.69 Å². The molecule has 1 aliphatic heterocycles. The number of aromatic nitrogens is 1. The fraction of sp³-hybridized carbons (Fsp3) is 0.344. The number of ether oxygens (including phenoxy) is 2. The van der Waals surface area contributed by atoms with Gasteiger partial charge in [-0.2, -0.15) is 0 Å². The molecule has 1 aromatic heterocycles. The Morgan fingerprint density at radius 3 is 2.38 bits per heavy atom. The second-order valence-corrected chi connectivity index (χ2v) is 9.72. The summed E-state index contributed by atoms with van der Waals surface area (Å²) in [5.74, 6) is -0.137. The first-order chi connectivity index (χ1) is 18.2. The highest BCUT2D eigenvalue weighted by molar-refractivity contribution is 5.86. The average Bonchev–Trinajstić information content (AvgIpc) is 3.30. The summed E-state index contributed by atoms with van der Waals surface area (Å²) in [4.78, 5) is 14.4. The zero-order chi connectivity index (χ0) is 25.5. The van der Waals surface area contributed by atoms with Crippen LogP contribution in [-0.4, -0.2) is 48.3 Å². The van der Waals surface area contributed by atoms with E-state index in [0.717, 1.165) is 45.7 Å². The summed E-state index contributed by atoms with van der Waals surface area (Å²) in [7, 11) is 0. The van der Waals surface area contributed by atoms with Crippen LogP contribution >= 0.6 is 0 Å². The van der Waals surface area contributed by atoms with Crippen LogP contribution in [0.15, 0.2) is 79.0 Å². The number of carbonyl (C=O) groups is 1. The molecular formula is C32H36N2O3. The van der Waals surface area contributed by atoms with E-state index in [0.29, 0.717) is 19.4 Å². The molecule has 0 saturated carbocycles. The van der Waals surface area contributed by atoms with E-state index in [9.17, 15) is 4.79 Å². The topological polar surface area (TPSA) is 43.7 Å². The molecule has 0 radical (unpaired) electrons. The molecule has 0 unspecified atom stereocenters. The van der Waals surface area contributed by atoms with Gasteiger partial charge in [0.25, 0.3) is 0 Å². The van der Waals surface area contributed by atoms with E-state index in [1.54, 1.807) is 0 Å². The monoisotopic (exact) mass is 496 g/mol. The van der Waals surface area contributed by atoms with Crippen LogP contribution in [-0.2, 0) is 40.1 Å². The highest BCUT2D eigenvalue weighted by Crippen LogP contribution is 2.28. The third-order valence-electron chi connectivity index (χ3n) is 7.12. The van der Waals surface area contributed by atoms with E-state index in [4.69, 9.17) is 9.47 Å². The van der Waals surface area contributed by atoms with Crippen LogP contribution in [0.2, 0.25) is 0 Å². The number of benzene rings is 3. The summed E-state index contributed by atoms with van der Waals surface area (Å²) in [6.07, 6.45) is 5.34. The maximum Gasteiger partial charge on any atom is 0.306 e. The molecule has 0 N–H and O–H groups in total. The van der Waals surface area contributed by atoms with Gasteiger partial charge in [0, 0.05) is 43.3 Å². The van der Waals surface area contributed by atoms with Gasteiger partial charge in [-0.1, -0.05) is 48.5 Å². The first kappa shape index (κ1) is 25.2. The van der Waals surface area contributed by atoms with Gasteiger partial charge in [0.1, 0.15) is 0 Å². The van der Waals surface area contributed by atoms with Crippen molar-refractivity contribution in [2.24, 2.45) is 0 Å². The number of nitrogens with zero attached hydrogens (tertiary/aromatic N) is 2. The van der Waals surface area contributed by atoms with Crippen molar-refractivity contribution in [3.05, 3.63) is 101 Å². The number of fused-ring (bicyclic) bond motifs is 1. The van der Waals surface area contributed by atoms with E-state index in [-0.39, 0.29) is 5.97 Å². The molecule has 37 heavy (non-hydrogen) atoms. The summed E-state index contributed by atoms with van der Waals surface area (Å²) >= 11 is 0. The minimum atomic E-state index is -0.137. The van der Waals surface area contributed by atoms with Gasteiger partial charge in [-0.3, -0.25) is 9.69 Å². The molecule has 1 fully saturated rings. The fourth-order valence-electron chi connectivity index (χ4n) is 5.10. The van der Waals surface area contributed by atoms with E-state index in [1.807, 2.05) is 6.92 Å².